The number of fused-ring (bicyclic) bond motifs is 5. The van der Waals surface area contributed by atoms with Crippen molar-refractivity contribution >= 4 is 0 Å². The number of imidazole rings is 1. The van der Waals surface area contributed by atoms with E-state index in [9.17, 15) is 23.5 Å². The van der Waals surface area contributed by atoms with Crippen LogP contribution in [-0.2, 0) is 17.6 Å². The molecule has 9 heteroatoms. The highest BCUT2D eigenvalue weighted by Gasteiger charge is 2.57. The van der Waals surface area contributed by atoms with Gasteiger partial charge in [0.15, 0.2) is 5.82 Å². The number of rotatable bonds is 2. The van der Waals surface area contributed by atoms with Crippen LogP contribution in [0, 0.1) is 16.7 Å². The molecule has 3 heterocycles. The van der Waals surface area contributed by atoms with Crippen molar-refractivity contribution in [3.63, 3.8) is 0 Å². The predicted octanol–water partition coefficient (Wildman–Crippen LogP) is 3.82. The van der Waals surface area contributed by atoms with Gasteiger partial charge in [0.05, 0.1) is 47.3 Å². The lowest BCUT2D eigenvalue weighted by atomic mass is 9.80. The minimum Gasteiger partial charge on any atom is -0.374 e. The Bertz CT molecular complexity index is 1030. The van der Waals surface area contributed by atoms with Gasteiger partial charge < -0.3 is 9.67 Å². The summed E-state index contributed by atoms with van der Waals surface area (Å²) in [7, 11) is 0. The SMILES string of the molecule is C[C@H]1Cn2nc(C34CCC(C#N)(CC3)C4)cc2-c2cnc([C@@](C)(O)C(F)(F)F)n21. The van der Waals surface area contributed by atoms with Gasteiger partial charge in [-0.05, 0) is 52.0 Å². The molecule has 3 aliphatic rings. The van der Waals surface area contributed by atoms with Crippen LogP contribution >= 0.6 is 0 Å². The zero-order chi connectivity index (χ0) is 20.8. The predicted molar refractivity (Wildman–Crippen MR) is 96.6 cm³/mol. The van der Waals surface area contributed by atoms with E-state index < -0.39 is 17.6 Å². The molecule has 0 amide bonds. The summed E-state index contributed by atoms with van der Waals surface area (Å²) < 4.78 is 43.6. The lowest BCUT2D eigenvalue weighted by Crippen LogP contribution is -2.42. The molecule has 2 bridgehead atoms. The third-order valence-electron chi connectivity index (χ3n) is 7.33. The molecule has 0 aromatic carbocycles. The first-order valence-electron chi connectivity index (χ1n) is 9.89. The van der Waals surface area contributed by atoms with E-state index in [1.807, 2.05) is 10.7 Å². The highest BCUT2D eigenvalue weighted by molar-refractivity contribution is 5.58. The first-order valence-corrected chi connectivity index (χ1v) is 9.89. The van der Waals surface area contributed by atoms with Crippen LogP contribution in [0.15, 0.2) is 12.3 Å². The van der Waals surface area contributed by atoms with Crippen molar-refractivity contribution in [2.45, 2.75) is 75.7 Å². The maximum Gasteiger partial charge on any atom is 0.424 e. The fraction of sp³-hybridized carbons (Fsp3) is 0.650. The summed E-state index contributed by atoms with van der Waals surface area (Å²) in [5.74, 6) is -0.398. The molecule has 2 fully saturated rings. The quantitative estimate of drug-likeness (QED) is 0.824. The third kappa shape index (κ3) is 2.32. The van der Waals surface area contributed by atoms with Gasteiger partial charge in [-0.25, -0.2) is 4.98 Å². The normalized spacial score (nSPS) is 32.5. The standard InChI is InChI=1S/C20H22F3N5O/c1-12-9-27-13(14-8-25-16(28(12)14)17(2,29)20(21,22)23)7-15(26-27)19-5-3-18(10-19,11-24)4-6-19/h7-8,12,29H,3-6,9-10H2,1-2H3/t12-,17+,18?,19?/m0/s1. The van der Waals surface area contributed by atoms with Gasteiger partial charge in [-0.3, -0.25) is 4.68 Å². The molecular formula is C20H22F3N5O. The summed E-state index contributed by atoms with van der Waals surface area (Å²) >= 11 is 0. The van der Waals surface area contributed by atoms with Crippen LogP contribution in [0.1, 0.15) is 63.5 Å². The van der Waals surface area contributed by atoms with Gasteiger partial charge in [-0.2, -0.15) is 23.5 Å². The van der Waals surface area contributed by atoms with Crippen molar-refractivity contribution in [1.29, 1.82) is 5.26 Å². The van der Waals surface area contributed by atoms with E-state index in [2.05, 4.69) is 11.1 Å². The largest absolute Gasteiger partial charge is 0.424 e. The molecule has 0 saturated heterocycles. The van der Waals surface area contributed by atoms with E-state index in [1.165, 1.54) is 10.8 Å². The van der Waals surface area contributed by atoms with Gasteiger partial charge in [0.2, 0.25) is 5.60 Å². The van der Waals surface area contributed by atoms with E-state index in [-0.39, 0.29) is 16.9 Å². The first kappa shape index (κ1) is 18.7. The molecule has 6 nitrogen and oxygen atoms in total. The maximum absolute atomic E-state index is 13.4. The molecule has 5 rings (SSSR count). The lowest BCUT2D eigenvalue weighted by molar-refractivity contribution is -0.262. The summed E-state index contributed by atoms with van der Waals surface area (Å²) in [5, 5.41) is 24.6. The maximum atomic E-state index is 13.4. The van der Waals surface area contributed by atoms with Gasteiger partial charge >= 0.3 is 6.18 Å². The van der Waals surface area contributed by atoms with Crippen LogP contribution in [-0.4, -0.2) is 30.6 Å². The number of hydrogen-bond donors (Lipinski definition) is 1. The molecule has 2 saturated carbocycles. The molecule has 1 aliphatic heterocycles. The van der Waals surface area contributed by atoms with E-state index in [1.54, 1.807) is 6.92 Å². The van der Waals surface area contributed by atoms with Gasteiger partial charge in [-0.15, -0.1) is 0 Å². The summed E-state index contributed by atoms with van der Waals surface area (Å²) in [4.78, 5) is 3.97. The number of aliphatic hydroxyl groups is 1. The Hall–Kier alpha value is -2.34. The molecule has 2 aromatic heterocycles. The monoisotopic (exact) mass is 405 g/mol. The van der Waals surface area contributed by atoms with E-state index >= 15 is 0 Å². The van der Waals surface area contributed by atoms with Crippen molar-refractivity contribution in [3.05, 3.63) is 23.8 Å². The van der Waals surface area contributed by atoms with Crippen LogP contribution in [0.5, 0.6) is 0 Å². The number of hydrogen-bond acceptors (Lipinski definition) is 4. The van der Waals surface area contributed by atoms with Crippen molar-refractivity contribution in [3.8, 4) is 17.5 Å². The Morgan fingerprint density at radius 1 is 1.24 bits per heavy atom. The summed E-state index contributed by atoms with van der Waals surface area (Å²) in [6, 6.07) is 4.11. The van der Waals surface area contributed by atoms with E-state index in [0.717, 1.165) is 44.7 Å². The summed E-state index contributed by atoms with van der Waals surface area (Å²) in [5.41, 5.74) is -1.24. The molecule has 2 atom stereocenters. The fourth-order valence-electron chi connectivity index (χ4n) is 5.54. The number of alkyl halides is 3. The van der Waals surface area contributed by atoms with Gasteiger partial charge in [0, 0.05) is 5.41 Å². The number of halogens is 3. The number of aromatic nitrogens is 4. The zero-order valence-electron chi connectivity index (χ0n) is 16.3. The lowest BCUT2D eigenvalue weighted by Gasteiger charge is -2.31. The van der Waals surface area contributed by atoms with Crippen LogP contribution in [0.25, 0.3) is 11.4 Å². The molecule has 0 spiro atoms. The minimum absolute atomic E-state index is 0.117. The molecule has 2 aromatic rings. The number of nitrogens with zero attached hydrogens (tertiary/aromatic N) is 5. The fourth-order valence-corrected chi connectivity index (χ4v) is 5.54. The second kappa shape index (κ2) is 5.42. The highest BCUT2D eigenvalue weighted by Crippen LogP contribution is 2.62. The Balaban J connectivity index is 1.59. The smallest absolute Gasteiger partial charge is 0.374 e. The van der Waals surface area contributed by atoms with E-state index in [4.69, 9.17) is 5.10 Å². The van der Waals surface area contributed by atoms with Crippen LogP contribution in [0.2, 0.25) is 0 Å². The second-order valence-electron chi connectivity index (χ2n) is 9.20. The van der Waals surface area contributed by atoms with Crippen molar-refractivity contribution in [2.24, 2.45) is 5.41 Å². The molecule has 2 aliphatic carbocycles. The Morgan fingerprint density at radius 3 is 2.52 bits per heavy atom. The average molecular weight is 405 g/mol. The molecule has 1 N–H and O–H groups in total. The van der Waals surface area contributed by atoms with Crippen LogP contribution < -0.4 is 0 Å². The third-order valence-corrected chi connectivity index (χ3v) is 7.33. The van der Waals surface area contributed by atoms with Gasteiger partial charge in [0.25, 0.3) is 0 Å². The summed E-state index contributed by atoms with van der Waals surface area (Å²) in [6.45, 7) is 2.94. The molecule has 0 unspecified atom stereocenters. The Morgan fingerprint density at radius 2 is 1.93 bits per heavy atom. The highest BCUT2D eigenvalue weighted by atomic mass is 19.4. The Labute approximate surface area is 166 Å². The van der Waals surface area contributed by atoms with Crippen molar-refractivity contribution in [1.82, 2.24) is 19.3 Å². The molecule has 29 heavy (non-hydrogen) atoms. The molecule has 0 radical (unpaired) electrons. The van der Waals surface area contributed by atoms with E-state index in [0.29, 0.717) is 17.9 Å². The minimum atomic E-state index is -4.83. The first-order chi connectivity index (χ1) is 13.5. The van der Waals surface area contributed by atoms with Gasteiger partial charge in [-0.1, -0.05) is 0 Å². The van der Waals surface area contributed by atoms with Crippen LogP contribution in [0.4, 0.5) is 13.2 Å². The van der Waals surface area contributed by atoms with Crippen molar-refractivity contribution in [2.75, 3.05) is 0 Å². The molecular weight excluding hydrogens is 383 g/mol. The second-order valence-corrected chi connectivity index (χ2v) is 9.20. The Kier molecular flexibility index (Phi) is 3.49. The zero-order valence-corrected chi connectivity index (χ0v) is 16.3. The summed E-state index contributed by atoms with van der Waals surface area (Å²) in [6.07, 6.45) is 0.945. The topological polar surface area (TPSA) is 79.7 Å². The molecule has 154 valence electrons. The van der Waals surface area contributed by atoms with Crippen LogP contribution in [0.3, 0.4) is 0 Å². The average Bonchev–Trinajstić information content (AvgIpc) is 3.41. The van der Waals surface area contributed by atoms with Crippen molar-refractivity contribution < 1.29 is 18.3 Å². The van der Waals surface area contributed by atoms with Gasteiger partial charge in [0.1, 0.15) is 0 Å². The number of nitriles is 1.